The van der Waals surface area contributed by atoms with Crippen LogP contribution >= 0.6 is 0 Å². The standard InChI is InChI=1S/C20H32O3/c1-2-3-13-16-19(21)17-14-11-9-7-5-4-6-8-10-12-15-18-20(22)23/h1,9,11H,3-8,10,12-18H2,(H,22,23)/b11-9+. The molecule has 23 heavy (non-hydrogen) atoms. The molecule has 130 valence electrons. The summed E-state index contributed by atoms with van der Waals surface area (Å²) in [7, 11) is 0. The molecule has 0 heterocycles. The van der Waals surface area contributed by atoms with Crippen molar-refractivity contribution in [2.24, 2.45) is 0 Å². The Hall–Kier alpha value is -1.56. The predicted octanol–water partition coefficient (Wildman–Crippen LogP) is 5.29. The molecule has 0 aliphatic carbocycles. The van der Waals surface area contributed by atoms with E-state index in [1.54, 1.807) is 0 Å². The lowest BCUT2D eigenvalue weighted by molar-refractivity contribution is -0.137. The van der Waals surface area contributed by atoms with E-state index in [1.165, 1.54) is 25.7 Å². The summed E-state index contributed by atoms with van der Waals surface area (Å²) >= 11 is 0. The molecular weight excluding hydrogens is 288 g/mol. The molecule has 0 spiro atoms. The molecule has 0 atom stereocenters. The molecule has 0 aliphatic rings. The fraction of sp³-hybridized carbons (Fsp3) is 0.700. The Bertz CT molecular complexity index is 377. The van der Waals surface area contributed by atoms with Crippen molar-refractivity contribution in [3.63, 3.8) is 0 Å². The Balaban J connectivity index is 3.24. The first-order valence-corrected chi connectivity index (χ1v) is 8.98. The quantitative estimate of drug-likeness (QED) is 0.239. The number of Topliss-reactive ketones (excluding diaryl/α,β-unsaturated/α-hetero) is 1. The summed E-state index contributed by atoms with van der Waals surface area (Å²) in [5.41, 5.74) is 0. The number of ketones is 1. The summed E-state index contributed by atoms with van der Waals surface area (Å²) < 4.78 is 0. The Kier molecular flexibility index (Phi) is 15.7. The van der Waals surface area contributed by atoms with Crippen LogP contribution < -0.4 is 0 Å². The van der Waals surface area contributed by atoms with Gasteiger partial charge >= 0.3 is 5.97 Å². The van der Waals surface area contributed by atoms with Crippen LogP contribution in [0.3, 0.4) is 0 Å². The van der Waals surface area contributed by atoms with E-state index in [1.807, 2.05) is 0 Å². The van der Waals surface area contributed by atoms with Gasteiger partial charge in [-0.2, -0.15) is 0 Å². The zero-order valence-electron chi connectivity index (χ0n) is 14.4. The lowest BCUT2D eigenvalue weighted by Crippen LogP contribution is -1.95. The summed E-state index contributed by atoms with van der Waals surface area (Å²) in [4.78, 5) is 21.8. The van der Waals surface area contributed by atoms with Crippen LogP contribution in [-0.2, 0) is 9.59 Å². The highest BCUT2D eigenvalue weighted by Gasteiger charge is 1.99. The Morgan fingerprint density at radius 2 is 1.39 bits per heavy atom. The minimum Gasteiger partial charge on any atom is -0.481 e. The molecule has 0 fully saturated rings. The van der Waals surface area contributed by atoms with E-state index < -0.39 is 5.97 Å². The molecule has 0 unspecified atom stereocenters. The van der Waals surface area contributed by atoms with Gasteiger partial charge in [-0.25, -0.2) is 0 Å². The number of carboxylic acid groups (broad SMARTS) is 1. The molecule has 0 rings (SSSR count). The SMILES string of the molecule is C#CCCCC(=O)CC/C=C/CCCCCCCCCC(=O)O. The molecule has 1 N–H and O–H groups in total. The average Bonchev–Trinajstić information content (AvgIpc) is 2.51. The van der Waals surface area contributed by atoms with E-state index >= 15 is 0 Å². The number of aliphatic carboxylic acids is 1. The zero-order chi connectivity index (χ0) is 17.2. The second-order valence-electron chi connectivity index (χ2n) is 6.01. The maximum atomic E-state index is 11.5. The minimum absolute atomic E-state index is 0.303. The summed E-state index contributed by atoms with van der Waals surface area (Å²) in [6.45, 7) is 0. The van der Waals surface area contributed by atoms with Gasteiger partial charge < -0.3 is 5.11 Å². The Morgan fingerprint density at radius 1 is 0.783 bits per heavy atom. The molecule has 0 aromatic carbocycles. The highest BCUT2D eigenvalue weighted by Crippen LogP contribution is 2.10. The molecule has 3 nitrogen and oxygen atoms in total. The molecule has 0 bridgehead atoms. The third-order valence-corrected chi connectivity index (χ3v) is 3.79. The van der Waals surface area contributed by atoms with E-state index in [0.29, 0.717) is 31.5 Å². The molecule has 3 heteroatoms. The third-order valence-electron chi connectivity index (χ3n) is 3.79. The predicted molar refractivity (Wildman–Crippen MR) is 95.3 cm³/mol. The van der Waals surface area contributed by atoms with Crippen molar-refractivity contribution < 1.29 is 14.7 Å². The summed E-state index contributed by atoms with van der Waals surface area (Å²) in [5.74, 6) is 2.18. The van der Waals surface area contributed by atoms with Crippen LogP contribution in [0.4, 0.5) is 0 Å². The lowest BCUT2D eigenvalue weighted by Gasteiger charge is -2.00. The van der Waals surface area contributed by atoms with Crippen LogP contribution in [0.15, 0.2) is 12.2 Å². The number of unbranched alkanes of at least 4 members (excludes halogenated alkanes) is 8. The molecular formula is C20H32O3. The number of carboxylic acids is 1. The second kappa shape index (κ2) is 16.8. The maximum Gasteiger partial charge on any atom is 0.303 e. The van der Waals surface area contributed by atoms with Crippen LogP contribution in [0.25, 0.3) is 0 Å². The van der Waals surface area contributed by atoms with Crippen LogP contribution in [0.2, 0.25) is 0 Å². The van der Waals surface area contributed by atoms with E-state index in [4.69, 9.17) is 11.5 Å². The average molecular weight is 320 g/mol. The highest BCUT2D eigenvalue weighted by atomic mass is 16.4. The number of rotatable bonds is 16. The zero-order valence-corrected chi connectivity index (χ0v) is 14.4. The van der Waals surface area contributed by atoms with Crippen LogP contribution in [0.5, 0.6) is 0 Å². The van der Waals surface area contributed by atoms with Crippen molar-refractivity contribution in [2.75, 3.05) is 0 Å². The number of hydrogen-bond donors (Lipinski definition) is 1. The fourth-order valence-electron chi connectivity index (χ4n) is 2.41. The van der Waals surface area contributed by atoms with Crippen LogP contribution in [-0.4, -0.2) is 16.9 Å². The second-order valence-corrected chi connectivity index (χ2v) is 6.01. The van der Waals surface area contributed by atoms with Crippen molar-refractivity contribution in [2.45, 2.75) is 89.9 Å². The summed E-state index contributed by atoms with van der Waals surface area (Å²) in [6, 6.07) is 0. The fourth-order valence-corrected chi connectivity index (χ4v) is 2.41. The van der Waals surface area contributed by atoms with E-state index in [2.05, 4.69) is 18.1 Å². The van der Waals surface area contributed by atoms with Gasteiger partial charge in [-0.3, -0.25) is 9.59 Å². The normalized spacial score (nSPS) is 10.7. The van der Waals surface area contributed by atoms with E-state index in [-0.39, 0.29) is 0 Å². The highest BCUT2D eigenvalue weighted by molar-refractivity contribution is 5.78. The molecule has 0 amide bonds. The van der Waals surface area contributed by atoms with Crippen molar-refractivity contribution in [1.29, 1.82) is 0 Å². The van der Waals surface area contributed by atoms with Crippen molar-refractivity contribution >= 4 is 11.8 Å². The summed E-state index contributed by atoms with van der Waals surface area (Å²) in [5, 5.41) is 8.52. The van der Waals surface area contributed by atoms with Gasteiger partial charge in [0.1, 0.15) is 5.78 Å². The molecule has 0 saturated heterocycles. The van der Waals surface area contributed by atoms with E-state index in [0.717, 1.165) is 38.5 Å². The molecule has 0 aromatic heterocycles. The van der Waals surface area contributed by atoms with Gasteiger partial charge in [-0.15, -0.1) is 12.3 Å². The first kappa shape index (κ1) is 21.4. The third kappa shape index (κ3) is 18.4. The molecule has 0 radical (unpaired) electrons. The van der Waals surface area contributed by atoms with Gasteiger partial charge in [-0.05, 0) is 32.1 Å². The molecule has 0 aromatic rings. The number of hydrogen-bond acceptors (Lipinski definition) is 2. The largest absolute Gasteiger partial charge is 0.481 e. The number of carbonyl (C=O) groups excluding carboxylic acids is 1. The summed E-state index contributed by atoms with van der Waals surface area (Å²) in [6.07, 6.45) is 22.3. The van der Waals surface area contributed by atoms with Gasteiger partial charge in [-0.1, -0.05) is 44.3 Å². The smallest absolute Gasteiger partial charge is 0.303 e. The first-order valence-electron chi connectivity index (χ1n) is 8.98. The van der Waals surface area contributed by atoms with Crippen LogP contribution in [0.1, 0.15) is 89.9 Å². The lowest BCUT2D eigenvalue weighted by atomic mass is 10.1. The number of terminal acetylenes is 1. The van der Waals surface area contributed by atoms with E-state index in [9.17, 15) is 9.59 Å². The number of carbonyl (C=O) groups is 2. The molecule has 0 aliphatic heterocycles. The molecule has 0 saturated carbocycles. The van der Waals surface area contributed by atoms with Gasteiger partial charge in [0.2, 0.25) is 0 Å². The monoisotopic (exact) mass is 320 g/mol. The first-order chi connectivity index (χ1) is 11.2. The van der Waals surface area contributed by atoms with Crippen molar-refractivity contribution in [3.05, 3.63) is 12.2 Å². The van der Waals surface area contributed by atoms with Gasteiger partial charge in [0, 0.05) is 25.7 Å². The Labute approximate surface area is 141 Å². The van der Waals surface area contributed by atoms with Crippen molar-refractivity contribution in [3.8, 4) is 12.3 Å². The van der Waals surface area contributed by atoms with Crippen molar-refractivity contribution in [1.82, 2.24) is 0 Å². The van der Waals surface area contributed by atoms with Gasteiger partial charge in [0.05, 0.1) is 0 Å². The topological polar surface area (TPSA) is 54.4 Å². The van der Waals surface area contributed by atoms with Gasteiger partial charge in [0.15, 0.2) is 0 Å². The van der Waals surface area contributed by atoms with Crippen LogP contribution in [0, 0.1) is 12.3 Å². The minimum atomic E-state index is -0.689. The van der Waals surface area contributed by atoms with Gasteiger partial charge in [0.25, 0.3) is 0 Å². The maximum absolute atomic E-state index is 11.5. The number of allylic oxidation sites excluding steroid dienone is 2. The Morgan fingerprint density at radius 3 is 2.04 bits per heavy atom.